The Balaban J connectivity index is 1.72. The van der Waals surface area contributed by atoms with Gasteiger partial charge in [0.15, 0.2) is 0 Å². The number of nitrogens with one attached hydrogen (secondary N) is 2. The Bertz CT molecular complexity index is 703. The summed E-state index contributed by atoms with van der Waals surface area (Å²) in [6.45, 7) is 1.01. The molecule has 1 aliphatic heterocycles. The Morgan fingerprint density at radius 2 is 1.66 bits per heavy atom. The summed E-state index contributed by atoms with van der Waals surface area (Å²) in [6.07, 6.45) is 7.24. The van der Waals surface area contributed by atoms with Gasteiger partial charge in [0.1, 0.15) is 0 Å². The lowest BCUT2D eigenvalue weighted by atomic mass is 9.89. The van der Waals surface area contributed by atoms with Crippen molar-refractivity contribution in [3.63, 3.8) is 0 Å². The molecule has 0 spiro atoms. The Morgan fingerprint density at radius 3 is 2.31 bits per heavy atom. The van der Waals surface area contributed by atoms with Crippen molar-refractivity contribution in [3.05, 3.63) is 30.3 Å². The summed E-state index contributed by atoms with van der Waals surface area (Å²) in [6, 6.07) is 8.94. The summed E-state index contributed by atoms with van der Waals surface area (Å²) in [4.78, 5) is 38.4. The van der Waals surface area contributed by atoms with Gasteiger partial charge in [0.25, 0.3) is 0 Å². The molecule has 0 bridgehead atoms. The Morgan fingerprint density at radius 1 is 1.00 bits per heavy atom. The van der Waals surface area contributed by atoms with Gasteiger partial charge in [-0.1, -0.05) is 43.9 Å². The lowest BCUT2D eigenvalue weighted by Gasteiger charge is -2.40. The molecule has 1 saturated carbocycles. The minimum absolute atomic E-state index is 0.108. The maximum absolute atomic E-state index is 13.4. The number of hydrogen-bond acceptors (Lipinski definition) is 3. The van der Waals surface area contributed by atoms with Gasteiger partial charge in [-0.3, -0.25) is 9.59 Å². The zero-order valence-corrected chi connectivity index (χ0v) is 17.2. The number of amides is 4. The molecule has 0 unspecified atom stereocenters. The molecule has 0 radical (unpaired) electrons. The molecule has 1 atom stereocenters. The van der Waals surface area contributed by atoms with Crippen LogP contribution in [0.4, 0.5) is 10.5 Å². The van der Waals surface area contributed by atoms with Gasteiger partial charge in [-0.15, -0.1) is 0 Å². The maximum Gasteiger partial charge on any atom is 0.340 e. The first-order chi connectivity index (χ1) is 14.1. The van der Waals surface area contributed by atoms with Crippen molar-refractivity contribution in [2.75, 3.05) is 25.5 Å². The van der Waals surface area contributed by atoms with Gasteiger partial charge in [-0.2, -0.15) is 0 Å². The van der Waals surface area contributed by atoms with Gasteiger partial charge in [-0.25, -0.2) is 14.8 Å². The van der Waals surface area contributed by atoms with Crippen LogP contribution in [-0.2, 0) is 9.59 Å². The third kappa shape index (κ3) is 5.71. The van der Waals surface area contributed by atoms with Gasteiger partial charge in [0, 0.05) is 38.2 Å². The molecule has 2 N–H and O–H groups in total. The molecule has 4 amide bonds. The van der Waals surface area contributed by atoms with Crippen LogP contribution in [0.5, 0.6) is 0 Å². The van der Waals surface area contributed by atoms with E-state index in [4.69, 9.17) is 0 Å². The van der Waals surface area contributed by atoms with Crippen molar-refractivity contribution in [2.45, 2.75) is 51.4 Å². The first-order valence-corrected chi connectivity index (χ1v) is 10.7. The number of hydrogen-bond donors (Lipinski definition) is 2. The smallest absolute Gasteiger partial charge is 0.340 e. The van der Waals surface area contributed by atoms with Gasteiger partial charge in [0.2, 0.25) is 11.8 Å². The molecule has 1 aromatic carbocycles. The fourth-order valence-electron chi connectivity index (χ4n) is 4.37. The minimum atomic E-state index is -0.386. The van der Waals surface area contributed by atoms with E-state index < -0.39 is 0 Å². The number of hydrazine groups is 1. The molecule has 1 aromatic rings. The van der Waals surface area contributed by atoms with Crippen molar-refractivity contribution in [2.24, 2.45) is 11.8 Å². The molecule has 1 heterocycles. The zero-order chi connectivity index (χ0) is 20.6. The number of anilines is 1. The highest BCUT2D eigenvalue weighted by molar-refractivity contribution is 5.92. The van der Waals surface area contributed by atoms with Crippen LogP contribution in [0.15, 0.2) is 30.3 Å². The molecule has 1 saturated heterocycles. The number of para-hydroxylation sites is 1. The lowest BCUT2D eigenvalue weighted by molar-refractivity contribution is -0.153. The van der Waals surface area contributed by atoms with E-state index in [2.05, 4.69) is 10.6 Å². The molecule has 158 valence electrons. The first-order valence-electron chi connectivity index (χ1n) is 10.7. The first kappa shape index (κ1) is 21.1. The van der Waals surface area contributed by atoms with Crippen LogP contribution in [0, 0.1) is 11.8 Å². The fourth-order valence-corrected chi connectivity index (χ4v) is 4.37. The Labute approximate surface area is 172 Å². The van der Waals surface area contributed by atoms with Crippen LogP contribution in [0.2, 0.25) is 0 Å². The van der Waals surface area contributed by atoms with E-state index in [0.29, 0.717) is 24.7 Å². The van der Waals surface area contributed by atoms with E-state index in [1.807, 2.05) is 30.3 Å². The van der Waals surface area contributed by atoms with E-state index in [1.165, 1.54) is 17.9 Å². The van der Waals surface area contributed by atoms with Crippen molar-refractivity contribution in [3.8, 4) is 0 Å². The van der Waals surface area contributed by atoms with Crippen LogP contribution in [0.3, 0.4) is 0 Å². The van der Waals surface area contributed by atoms with Crippen molar-refractivity contribution >= 4 is 23.5 Å². The van der Waals surface area contributed by atoms with E-state index in [-0.39, 0.29) is 30.2 Å². The molecule has 2 fully saturated rings. The number of rotatable bonds is 6. The molecule has 29 heavy (non-hydrogen) atoms. The number of benzene rings is 1. The third-order valence-electron chi connectivity index (χ3n) is 5.95. The average molecular weight is 401 g/mol. The lowest BCUT2D eigenvalue weighted by Crippen LogP contribution is -2.56. The fraction of sp³-hybridized carbons (Fsp3) is 0.591. The number of carbonyl (C=O) groups is 3. The molecule has 3 rings (SSSR count). The summed E-state index contributed by atoms with van der Waals surface area (Å²) < 4.78 is 0. The van der Waals surface area contributed by atoms with Crippen LogP contribution in [-0.4, -0.2) is 48.0 Å². The van der Waals surface area contributed by atoms with Gasteiger partial charge in [-0.05, 0) is 37.3 Å². The monoisotopic (exact) mass is 400 g/mol. The number of nitrogens with zero attached hydrogens (tertiary/aromatic N) is 2. The van der Waals surface area contributed by atoms with E-state index in [1.54, 1.807) is 12.1 Å². The Kier molecular flexibility index (Phi) is 7.49. The van der Waals surface area contributed by atoms with Crippen LogP contribution < -0.4 is 10.6 Å². The summed E-state index contributed by atoms with van der Waals surface area (Å²) in [7, 11) is 1.60. The second-order valence-corrected chi connectivity index (χ2v) is 8.05. The topological polar surface area (TPSA) is 81.8 Å². The second-order valence-electron chi connectivity index (χ2n) is 8.05. The quantitative estimate of drug-likeness (QED) is 0.768. The maximum atomic E-state index is 13.4. The Hall–Kier alpha value is -2.57. The minimum Gasteiger partial charge on any atom is -0.359 e. The normalized spacial score (nSPS) is 18.4. The van der Waals surface area contributed by atoms with E-state index in [9.17, 15) is 14.4 Å². The summed E-state index contributed by atoms with van der Waals surface area (Å²) in [5, 5.41) is 8.61. The van der Waals surface area contributed by atoms with Gasteiger partial charge < -0.3 is 10.6 Å². The number of urea groups is 1. The highest BCUT2D eigenvalue weighted by Gasteiger charge is 2.35. The summed E-state index contributed by atoms with van der Waals surface area (Å²) in [5.74, 6) is -0.129. The largest absolute Gasteiger partial charge is 0.359 e. The van der Waals surface area contributed by atoms with Crippen LogP contribution in [0.1, 0.15) is 51.4 Å². The van der Waals surface area contributed by atoms with E-state index in [0.717, 1.165) is 32.1 Å². The molecule has 1 aliphatic carbocycles. The predicted molar refractivity (Wildman–Crippen MR) is 112 cm³/mol. The average Bonchev–Trinajstić information content (AvgIpc) is 3.26. The van der Waals surface area contributed by atoms with Gasteiger partial charge >= 0.3 is 6.03 Å². The van der Waals surface area contributed by atoms with Crippen molar-refractivity contribution in [1.29, 1.82) is 0 Å². The highest BCUT2D eigenvalue weighted by atomic mass is 16.2. The summed E-state index contributed by atoms with van der Waals surface area (Å²) >= 11 is 0. The molecule has 7 nitrogen and oxygen atoms in total. The number of carbonyl (C=O) groups excluding carboxylic acids is 3. The molecule has 0 aromatic heterocycles. The van der Waals surface area contributed by atoms with E-state index >= 15 is 0 Å². The molecular formula is C22H32N4O3. The highest BCUT2D eigenvalue weighted by Crippen LogP contribution is 2.32. The summed E-state index contributed by atoms with van der Waals surface area (Å²) in [5.41, 5.74) is 0.698. The third-order valence-corrected chi connectivity index (χ3v) is 5.95. The SMILES string of the molecule is CNC(=O)C[C@@H](CC1CCCC1)C(=O)N1CCCCN1C(=O)Nc1ccccc1. The van der Waals surface area contributed by atoms with Crippen LogP contribution >= 0.6 is 0 Å². The zero-order valence-electron chi connectivity index (χ0n) is 17.2. The molecule has 7 heteroatoms. The van der Waals surface area contributed by atoms with Gasteiger partial charge in [0.05, 0.1) is 0 Å². The second kappa shape index (κ2) is 10.3. The predicted octanol–water partition coefficient (Wildman–Crippen LogP) is 3.39. The standard InChI is InChI=1S/C22H32N4O3/c1-23-20(27)16-18(15-17-9-5-6-10-17)21(28)25-13-7-8-14-26(25)22(29)24-19-11-3-2-4-12-19/h2-4,11-12,17-18H,5-10,13-16H2,1H3,(H,23,27)(H,24,29)/t18-/m1/s1. The van der Waals surface area contributed by atoms with Crippen molar-refractivity contribution in [1.82, 2.24) is 15.3 Å². The molecular weight excluding hydrogens is 368 g/mol. The molecule has 2 aliphatic rings. The van der Waals surface area contributed by atoms with Crippen LogP contribution in [0.25, 0.3) is 0 Å². The van der Waals surface area contributed by atoms with Crippen molar-refractivity contribution < 1.29 is 14.4 Å².